The van der Waals surface area contributed by atoms with E-state index in [1.54, 1.807) is 0 Å². The molecule has 2 rings (SSSR count). The number of urea groups is 1. The minimum Gasteiger partial charge on any atom is -0.308 e. The topological polar surface area (TPSA) is 66.9 Å². The maximum absolute atomic E-state index is 12.5. The van der Waals surface area contributed by atoms with Crippen molar-refractivity contribution in [2.24, 2.45) is 5.92 Å². The molecule has 2 N–H and O–H groups in total. The van der Waals surface area contributed by atoms with Crippen molar-refractivity contribution in [3.63, 3.8) is 0 Å². The summed E-state index contributed by atoms with van der Waals surface area (Å²) >= 11 is 2.54. The number of carbonyl (C=O) groups excluding carboxylic acids is 1. The molecule has 5 nitrogen and oxygen atoms in total. The third-order valence-electron chi connectivity index (χ3n) is 2.64. The number of aromatic nitrogens is 2. The predicted octanol–water partition coefficient (Wildman–Crippen LogP) is 4.95. The molecule has 2 aromatic rings. The molecule has 10 heteroatoms. The fourth-order valence-corrected chi connectivity index (χ4v) is 3.05. The number of carbonyl (C=O) groups is 1. The van der Waals surface area contributed by atoms with Crippen LogP contribution in [-0.2, 0) is 6.18 Å². The average Bonchev–Trinajstić information content (AvgIpc) is 2.92. The minimum atomic E-state index is -4.41. The fraction of sp³-hybridized carbons (Fsp3) is 0.357. The molecule has 0 unspecified atom stereocenters. The van der Waals surface area contributed by atoms with Crippen LogP contribution < -0.4 is 10.6 Å². The Hall–Kier alpha value is -1.81. The Kier molecular flexibility index (Phi) is 6.05. The quantitative estimate of drug-likeness (QED) is 0.725. The molecular formula is C14H15F3N4OS2. The molecule has 0 aliphatic carbocycles. The normalized spacial score (nSPS) is 11.6. The Balaban J connectivity index is 1.89. The van der Waals surface area contributed by atoms with Crippen LogP contribution in [0.15, 0.2) is 29.4 Å². The van der Waals surface area contributed by atoms with Gasteiger partial charge < -0.3 is 5.32 Å². The number of nitrogens with one attached hydrogen (secondary N) is 2. The highest BCUT2D eigenvalue weighted by molar-refractivity contribution is 7.99. The highest BCUT2D eigenvalue weighted by Crippen LogP contribution is 2.29. The number of halogens is 3. The monoisotopic (exact) mass is 376 g/mol. The Morgan fingerprint density at radius 2 is 1.92 bits per heavy atom. The van der Waals surface area contributed by atoms with E-state index in [9.17, 15) is 18.0 Å². The molecule has 0 spiro atoms. The largest absolute Gasteiger partial charge is 0.416 e. The van der Waals surface area contributed by atoms with E-state index in [0.29, 0.717) is 16.2 Å². The molecule has 2 amide bonds. The molecule has 0 atom stereocenters. The van der Waals surface area contributed by atoms with E-state index in [1.165, 1.54) is 23.9 Å². The van der Waals surface area contributed by atoms with Crippen LogP contribution in [-0.4, -0.2) is 21.1 Å². The van der Waals surface area contributed by atoms with Crippen molar-refractivity contribution in [3.8, 4) is 0 Å². The van der Waals surface area contributed by atoms with E-state index in [-0.39, 0.29) is 5.69 Å². The molecule has 24 heavy (non-hydrogen) atoms. The second-order valence-corrected chi connectivity index (χ2v) is 6.98. The van der Waals surface area contributed by atoms with Crippen molar-refractivity contribution in [2.45, 2.75) is 25.2 Å². The molecule has 130 valence electrons. The summed E-state index contributed by atoms with van der Waals surface area (Å²) in [6.07, 6.45) is -4.41. The predicted molar refractivity (Wildman–Crippen MR) is 89.6 cm³/mol. The van der Waals surface area contributed by atoms with Crippen LogP contribution in [0.5, 0.6) is 0 Å². The summed E-state index contributed by atoms with van der Waals surface area (Å²) in [4.78, 5) is 16.0. The lowest BCUT2D eigenvalue weighted by atomic mass is 10.2. The van der Waals surface area contributed by atoms with Crippen LogP contribution in [0.4, 0.5) is 28.8 Å². The molecule has 0 saturated heterocycles. The maximum atomic E-state index is 12.5. The number of hydrogen-bond donors (Lipinski definition) is 2. The Morgan fingerprint density at radius 3 is 2.50 bits per heavy atom. The van der Waals surface area contributed by atoms with E-state index in [0.717, 1.165) is 29.4 Å². The summed E-state index contributed by atoms with van der Waals surface area (Å²) in [6, 6.07) is 3.59. The Labute approximate surface area is 145 Å². The van der Waals surface area contributed by atoms with Crippen molar-refractivity contribution < 1.29 is 18.0 Å². The molecule has 0 aliphatic rings. The molecule has 1 aromatic carbocycles. The van der Waals surface area contributed by atoms with E-state index in [1.807, 2.05) is 0 Å². The summed E-state index contributed by atoms with van der Waals surface area (Å²) in [5, 5.41) is 5.85. The molecule has 0 radical (unpaired) electrons. The number of alkyl halides is 3. The molecule has 0 aliphatic heterocycles. The lowest BCUT2D eigenvalue weighted by molar-refractivity contribution is -0.137. The molecular weight excluding hydrogens is 361 g/mol. The van der Waals surface area contributed by atoms with Gasteiger partial charge in [0.1, 0.15) is 0 Å². The second kappa shape index (κ2) is 7.84. The third kappa shape index (κ3) is 5.68. The van der Waals surface area contributed by atoms with E-state index in [4.69, 9.17) is 0 Å². The number of anilines is 2. The summed E-state index contributed by atoms with van der Waals surface area (Å²) in [5.74, 6) is 1.37. The third-order valence-corrected chi connectivity index (χ3v) is 4.66. The second-order valence-electron chi connectivity index (χ2n) is 5.24. The van der Waals surface area contributed by atoms with Gasteiger partial charge in [0.05, 0.1) is 5.56 Å². The zero-order valence-corrected chi connectivity index (χ0v) is 14.5. The van der Waals surface area contributed by atoms with E-state index < -0.39 is 17.8 Å². The summed E-state index contributed by atoms with van der Waals surface area (Å²) in [5.41, 5.74) is -0.524. The molecule has 0 fully saturated rings. The fourth-order valence-electron chi connectivity index (χ4n) is 1.56. The zero-order chi connectivity index (χ0) is 17.7. The van der Waals surface area contributed by atoms with Gasteiger partial charge in [0.2, 0.25) is 10.3 Å². The molecule has 0 bridgehead atoms. The first-order valence-corrected chi connectivity index (χ1v) is 8.71. The summed E-state index contributed by atoms with van der Waals surface area (Å²) in [6.45, 7) is 4.16. The van der Waals surface area contributed by atoms with Gasteiger partial charge >= 0.3 is 12.2 Å². The number of nitrogens with zero attached hydrogens (tertiary/aromatic N) is 2. The van der Waals surface area contributed by atoms with Crippen LogP contribution in [0.2, 0.25) is 0 Å². The van der Waals surface area contributed by atoms with Crippen LogP contribution in [0.3, 0.4) is 0 Å². The van der Waals surface area contributed by atoms with Crippen molar-refractivity contribution in [1.82, 2.24) is 9.36 Å². The van der Waals surface area contributed by atoms with Crippen molar-refractivity contribution in [2.75, 3.05) is 16.4 Å². The van der Waals surface area contributed by atoms with Gasteiger partial charge in [0, 0.05) is 23.0 Å². The van der Waals surface area contributed by atoms with Crippen LogP contribution in [0.1, 0.15) is 19.4 Å². The molecule has 0 saturated carbocycles. The average molecular weight is 376 g/mol. The van der Waals surface area contributed by atoms with Gasteiger partial charge in [0.25, 0.3) is 0 Å². The summed E-state index contributed by atoms with van der Waals surface area (Å²) in [7, 11) is 0. The van der Waals surface area contributed by atoms with Crippen LogP contribution >= 0.6 is 23.3 Å². The highest BCUT2D eigenvalue weighted by Gasteiger charge is 2.29. The first kappa shape index (κ1) is 18.5. The molecule has 1 aromatic heterocycles. The van der Waals surface area contributed by atoms with Gasteiger partial charge in [-0.05, 0) is 30.2 Å². The standard InChI is InChI=1S/C14H15F3N4OS2/c1-8(2)7-23-13-20-12(24-21-13)19-11(22)18-10-5-3-9(4-6-10)14(15,16)17/h3-6,8H,7H2,1-2H3,(H2,18,19,20,21,22). The zero-order valence-electron chi connectivity index (χ0n) is 12.8. The Bertz CT molecular complexity index is 686. The lowest BCUT2D eigenvalue weighted by Gasteiger charge is -2.08. The van der Waals surface area contributed by atoms with E-state index >= 15 is 0 Å². The lowest BCUT2D eigenvalue weighted by Crippen LogP contribution is -2.19. The molecule has 1 heterocycles. The minimum absolute atomic E-state index is 0.249. The van der Waals surface area contributed by atoms with Crippen molar-refractivity contribution in [1.29, 1.82) is 0 Å². The van der Waals surface area contributed by atoms with Gasteiger partial charge in [0.15, 0.2) is 0 Å². The van der Waals surface area contributed by atoms with Crippen LogP contribution in [0, 0.1) is 5.92 Å². The van der Waals surface area contributed by atoms with Crippen molar-refractivity contribution >= 4 is 40.1 Å². The first-order chi connectivity index (χ1) is 11.2. The van der Waals surface area contributed by atoms with Gasteiger partial charge in [-0.3, -0.25) is 5.32 Å². The summed E-state index contributed by atoms with van der Waals surface area (Å²) < 4.78 is 41.5. The number of hydrogen-bond acceptors (Lipinski definition) is 5. The van der Waals surface area contributed by atoms with Gasteiger partial charge in [-0.2, -0.15) is 22.5 Å². The van der Waals surface area contributed by atoms with Crippen molar-refractivity contribution in [3.05, 3.63) is 29.8 Å². The Morgan fingerprint density at radius 1 is 1.25 bits per heavy atom. The van der Waals surface area contributed by atoms with Crippen LogP contribution in [0.25, 0.3) is 0 Å². The van der Waals surface area contributed by atoms with E-state index in [2.05, 4.69) is 33.8 Å². The SMILES string of the molecule is CC(C)CSc1nsc(NC(=O)Nc2ccc(C(F)(F)F)cc2)n1. The number of thioether (sulfide) groups is 1. The highest BCUT2D eigenvalue weighted by atomic mass is 32.2. The van der Waals surface area contributed by atoms with Gasteiger partial charge in [-0.15, -0.1) is 0 Å². The first-order valence-electron chi connectivity index (χ1n) is 6.96. The van der Waals surface area contributed by atoms with Gasteiger partial charge in [-0.25, -0.2) is 4.79 Å². The maximum Gasteiger partial charge on any atom is 0.416 e. The number of amides is 2. The number of benzene rings is 1. The van der Waals surface area contributed by atoms with Gasteiger partial charge in [-0.1, -0.05) is 25.6 Å². The smallest absolute Gasteiger partial charge is 0.308 e. The number of rotatable bonds is 5.